The number of carbonyl (C=O) groups excluding carboxylic acids is 2. The Morgan fingerprint density at radius 1 is 0.492 bits per heavy atom. The van der Waals surface area contributed by atoms with Gasteiger partial charge in [-0.05, 0) is 77.0 Å². The molecule has 1 aliphatic rings. The second-order valence-electron chi connectivity index (χ2n) is 17.6. The van der Waals surface area contributed by atoms with E-state index >= 15 is 0 Å². The molecule has 1 heterocycles. The van der Waals surface area contributed by atoms with Gasteiger partial charge in [-0.1, -0.05) is 178 Å². The molecule has 0 spiro atoms. The van der Waals surface area contributed by atoms with Gasteiger partial charge in [-0.3, -0.25) is 9.59 Å². The van der Waals surface area contributed by atoms with Crippen molar-refractivity contribution in [3.8, 4) is 0 Å². The summed E-state index contributed by atoms with van der Waals surface area (Å²) < 4.78 is 22.2. The predicted octanol–water partition coefficient (Wildman–Crippen LogP) is 12.0. The average Bonchev–Trinajstić information content (AvgIpc) is 3.28. The first-order valence-electron chi connectivity index (χ1n) is 25.7. The molecular weight excluding hydrogens is 797 g/mol. The number of unbranched alkanes of at least 4 members (excludes halogenated alkanes) is 24. The lowest BCUT2D eigenvalue weighted by atomic mass is 9.99. The quantitative estimate of drug-likeness (QED) is 0.0264. The number of esters is 2. The van der Waals surface area contributed by atoms with Gasteiger partial charge in [0.05, 0.1) is 13.2 Å². The highest BCUT2D eigenvalue weighted by Crippen LogP contribution is 2.23. The lowest BCUT2D eigenvalue weighted by Crippen LogP contribution is -2.59. The summed E-state index contributed by atoms with van der Waals surface area (Å²) in [6, 6.07) is 0. The number of ether oxygens (including phenoxy) is 4. The van der Waals surface area contributed by atoms with Crippen LogP contribution < -0.4 is 0 Å². The Morgan fingerprint density at radius 2 is 0.889 bits per heavy atom. The van der Waals surface area contributed by atoms with Crippen molar-refractivity contribution in [1.29, 1.82) is 0 Å². The number of hydrogen-bond acceptors (Lipinski definition) is 10. The topological polar surface area (TPSA) is 152 Å². The third-order valence-electron chi connectivity index (χ3n) is 11.7. The van der Waals surface area contributed by atoms with E-state index in [1.807, 2.05) is 0 Å². The summed E-state index contributed by atoms with van der Waals surface area (Å²) in [4.78, 5) is 25.5. The summed E-state index contributed by atoms with van der Waals surface area (Å²) in [7, 11) is 0. The third kappa shape index (κ3) is 34.6. The van der Waals surface area contributed by atoms with E-state index in [2.05, 4.69) is 62.5 Å². The summed E-state index contributed by atoms with van der Waals surface area (Å²) in [6.45, 7) is 3.40. The highest BCUT2D eigenvalue weighted by molar-refractivity contribution is 5.70. The Hall–Kier alpha value is -2.34. The van der Waals surface area contributed by atoms with Crippen LogP contribution in [0.1, 0.15) is 219 Å². The van der Waals surface area contributed by atoms with Crippen LogP contribution >= 0.6 is 0 Å². The fourth-order valence-electron chi connectivity index (χ4n) is 7.60. The molecule has 0 aliphatic carbocycles. The molecule has 4 N–H and O–H groups in total. The molecule has 1 aliphatic heterocycles. The molecule has 0 aromatic rings. The van der Waals surface area contributed by atoms with Crippen LogP contribution in [0, 0.1) is 0 Å². The zero-order valence-corrected chi connectivity index (χ0v) is 40.1. The van der Waals surface area contributed by atoms with Crippen LogP contribution in [0.4, 0.5) is 0 Å². The van der Waals surface area contributed by atoms with Gasteiger partial charge in [0.15, 0.2) is 12.4 Å². The largest absolute Gasteiger partial charge is 0.462 e. The smallest absolute Gasteiger partial charge is 0.306 e. The van der Waals surface area contributed by atoms with Gasteiger partial charge in [0, 0.05) is 12.8 Å². The Kier molecular flexibility index (Phi) is 40.6. The van der Waals surface area contributed by atoms with E-state index in [0.717, 1.165) is 77.0 Å². The van der Waals surface area contributed by atoms with E-state index in [-0.39, 0.29) is 32.0 Å². The minimum absolute atomic E-state index is 0.214. The van der Waals surface area contributed by atoms with Crippen molar-refractivity contribution >= 4 is 11.9 Å². The standard InChI is InChI=1S/C53H94O10/c1-3-5-7-9-11-13-15-17-19-21-23-25-27-29-31-33-35-37-39-41-48(55)60-44-46(45-61-53-52(59)51(58)50(57)47(43-54)63-53)62-49(56)42-40-38-36-34-32-30-28-26-24-22-20-18-16-14-12-10-8-6-4-2/h12,14,17-20,24,26,46-47,50-54,57-59H,3-11,13,15-16,21-23,25,27-45H2,1-2H3/b14-12-,19-17-,20-18-,26-24-. The first-order valence-corrected chi connectivity index (χ1v) is 25.7. The zero-order valence-electron chi connectivity index (χ0n) is 40.1. The Bertz CT molecular complexity index is 1170. The molecule has 6 atom stereocenters. The average molecular weight is 891 g/mol. The van der Waals surface area contributed by atoms with Crippen LogP contribution in [0.25, 0.3) is 0 Å². The number of carbonyl (C=O) groups is 2. The summed E-state index contributed by atoms with van der Waals surface area (Å²) in [6.07, 6.45) is 45.4. The van der Waals surface area contributed by atoms with Crippen LogP contribution in [0.3, 0.4) is 0 Å². The van der Waals surface area contributed by atoms with Gasteiger partial charge in [0.1, 0.15) is 31.0 Å². The molecule has 6 unspecified atom stereocenters. The molecule has 1 saturated heterocycles. The second kappa shape index (κ2) is 43.5. The molecule has 0 radical (unpaired) electrons. The molecular formula is C53H94O10. The van der Waals surface area contributed by atoms with Crippen LogP contribution in [-0.2, 0) is 28.5 Å². The summed E-state index contributed by atoms with van der Waals surface area (Å²) in [5.41, 5.74) is 0. The highest BCUT2D eigenvalue weighted by Gasteiger charge is 2.44. The van der Waals surface area contributed by atoms with E-state index in [4.69, 9.17) is 18.9 Å². The fourth-order valence-corrected chi connectivity index (χ4v) is 7.60. The maximum Gasteiger partial charge on any atom is 0.306 e. The fraction of sp³-hybridized carbons (Fsp3) is 0.811. The Balaban J connectivity index is 2.28. The van der Waals surface area contributed by atoms with Crippen LogP contribution in [0.15, 0.2) is 48.6 Å². The Morgan fingerprint density at radius 3 is 1.38 bits per heavy atom. The SMILES string of the molecule is CCCCC/C=C\C/C=C\C/C=C\CCCCCCCCC(=O)OC(COC(=O)CCCCCCCCCCC/C=C\CCCCCCCC)COC1OC(CO)C(O)C(O)C1O. The predicted molar refractivity (Wildman–Crippen MR) is 256 cm³/mol. The lowest BCUT2D eigenvalue weighted by Gasteiger charge is -2.39. The molecule has 366 valence electrons. The van der Waals surface area contributed by atoms with Gasteiger partial charge in [-0.2, -0.15) is 0 Å². The molecule has 1 fully saturated rings. The van der Waals surface area contributed by atoms with Crippen molar-refractivity contribution in [2.75, 3.05) is 19.8 Å². The number of aliphatic hydroxyl groups is 4. The van der Waals surface area contributed by atoms with Crippen molar-refractivity contribution < 1.29 is 49.0 Å². The monoisotopic (exact) mass is 891 g/mol. The minimum Gasteiger partial charge on any atom is -0.462 e. The molecule has 0 aromatic heterocycles. The maximum atomic E-state index is 12.8. The third-order valence-corrected chi connectivity index (χ3v) is 11.7. The molecule has 10 nitrogen and oxygen atoms in total. The molecule has 0 saturated carbocycles. The first-order chi connectivity index (χ1) is 30.8. The van der Waals surface area contributed by atoms with Crippen molar-refractivity contribution in [2.45, 2.75) is 256 Å². The van der Waals surface area contributed by atoms with E-state index in [1.54, 1.807) is 0 Å². The molecule has 1 rings (SSSR count). The van der Waals surface area contributed by atoms with Crippen LogP contribution in [-0.4, -0.2) is 89.0 Å². The first kappa shape index (κ1) is 58.7. The lowest BCUT2D eigenvalue weighted by molar-refractivity contribution is -0.305. The highest BCUT2D eigenvalue weighted by atomic mass is 16.7. The zero-order chi connectivity index (χ0) is 45.9. The molecule has 0 amide bonds. The van der Waals surface area contributed by atoms with E-state index in [0.29, 0.717) is 6.42 Å². The van der Waals surface area contributed by atoms with E-state index < -0.39 is 49.4 Å². The van der Waals surface area contributed by atoms with Crippen molar-refractivity contribution in [3.63, 3.8) is 0 Å². The maximum absolute atomic E-state index is 12.8. The second-order valence-corrected chi connectivity index (χ2v) is 17.6. The number of rotatable bonds is 43. The van der Waals surface area contributed by atoms with Gasteiger partial charge in [-0.15, -0.1) is 0 Å². The molecule has 0 aromatic carbocycles. The summed E-state index contributed by atoms with van der Waals surface area (Å²) in [5, 5.41) is 40.2. The van der Waals surface area contributed by atoms with Gasteiger partial charge in [0.2, 0.25) is 0 Å². The van der Waals surface area contributed by atoms with Gasteiger partial charge in [-0.25, -0.2) is 0 Å². The van der Waals surface area contributed by atoms with E-state index in [9.17, 15) is 30.0 Å². The van der Waals surface area contributed by atoms with Gasteiger partial charge in [0.25, 0.3) is 0 Å². The van der Waals surface area contributed by atoms with Crippen LogP contribution in [0.5, 0.6) is 0 Å². The van der Waals surface area contributed by atoms with Crippen molar-refractivity contribution in [3.05, 3.63) is 48.6 Å². The summed E-state index contributed by atoms with van der Waals surface area (Å²) >= 11 is 0. The van der Waals surface area contributed by atoms with E-state index in [1.165, 1.54) is 109 Å². The number of allylic oxidation sites excluding steroid dienone is 8. The van der Waals surface area contributed by atoms with Crippen molar-refractivity contribution in [2.24, 2.45) is 0 Å². The minimum atomic E-state index is -1.60. The van der Waals surface area contributed by atoms with Gasteiger partial charge < -0.3 is 39.4 Å². The Labute approximate surface area is 384 Å². The molecule has 0 bridgehead atoms. The van der Waals surface area contributed by atoms with Gasteiger partial charge >= 0.3 is 11.9 Å². The molecule has 10 heteroatoms. The normalized spacial score (nSPS) is 19.9. The number of hydrogen-bond donors (Lipinski definition) is 4. The molecule has 63 heavy (non-hydrogen) atoms. The van der Waals surface area contributed by atoms with Crippen molar-refractivity contribution in [1.82, 2.24) is 0 Å². The van der Waals surface area contributed by atoms with Crippen LogP contribution in [0.2, 0.25) is 0 Å². The summed E-state index contributed by atoms with van der Waals surface area (Å²) in [5.74, 6) is -0.819. The number of aliphatic hydroxyl groups excluding tert-OH is 4.